The van der Waals surface area contributed by atoms with Gasteiger partial charge in [0.25, 0.3) is 5.91 Å². The highest BCUT2D eigenvalue weighted by atomic mass is 35.5. The molecule has 158 valence electrons. The molecule has 30 heavy (non-hydrogen) atoms. The summed E-state index contributed by atoms with van der Waals surface area (Å²) in [6, 6.07) is 14.6. The quantitative estimate of drug-likeness (QED) is 0.670. The van der Waals surface area contributed by atoms with Gasteiger partial charge < -0.3 is 19.3 Å². The minimum atomic E-state index is -0.0454. The molecule has 2 aromatic rings. The lowest BCUT2D eigenvalue weighted by Crippen LogP contribution is -2.41. The highest BCUT2D eigenvalue weighted by Gasteiger charge is 2.29. The Hall–Kier alpha value is -2.73. The Morgan fingerprint density at radius 3 is 2.37 bits per heavy atom. The fourth-order valence-corrected chi connectivity index (χ4v) is 4.06. The fraction of sp³-hybridized carbons (Fsp3) is 0.391. The normalized spacial score (nSPS) is 18.7. The number of rotatable bonds is 7. The van der Waals surface area contributed by atoms with Gasteiger partial charge in [-0.1, -0.05) is 11.6 Å². The fourth-order valence-electron chi connectivity index (χ4n) is 3.93. The molecule has 0 radical (unpaired) electrons. The van der Waals surface area contributed by atoms with Crippen molar-refractivity contribution in [3.8, 4) is 11.5 Å². The molecule has 0 aromatic heterocycles. The van der Waals surface area contributed by atoms with Crippen LogP contribution in [0.1, 0.15) is 25.7 Å². The Morgan fingerprint density at radius 1 is 0.967 bits per heavy atom. The van der Waals surface area contributed by atoms with Crippen molar-refractivity contribution in [1.29, 1.82) is 0 Å². The molecule has 0 N–H and O–H groups in total. The Bertz CT molecular complexity index is 885. The van der Waals surface area contributed by atoms with Crippen LogP contribution in [0.4, 0.5) is 5.69 Å². The minimum Gasteiger partial charge on any atom is -0.491 e. The number of carbonyl (C=O) groups excluding carboxylic acids is 2. The third kappa shape index (κ3) is 4.87. The Labute approximate surface area is 181 Å². The topological polar surface area (TPSA) is 59.1 Å². The van der Waals surface area contributed by atoms with E-state index >= 15 is 0 Å². The van der Waals surface area contributed by atoms with Gasteiger partial charge in [-0.15, -0.1) is 0 Å². The standard InChI is InChI=1S/C23H25ClN2O4/c24-17-5-9-20(10-6-17)29-15-19-3-1-13-26(19)23(28)16-30-21-11-7-18(8-12-21)25-14-2-4-22(25)27/h5-12,19H,1-4,13-16H2. The molecule has 2 fully saturated rings. The van der Waals surface area contributed by atoms with Crippen LogP contribution < -0.4 is 14.4 Å². The monoisotopic (exact) mass is 428 g/mol. The van der Waals surface area contributed by atoms with Gasteiger partial charge in [0, 0.05) is 30.2 Å². The summed E-state index contributed by atoms with van der Waals surface area (Å²) in [6.07, 6.45) is 3.37. The molecule has 2 aromatic carbocycles. The van der Waals surface area contributed by atoms with Crippen molar-refractivity contribution in [2.24, 2.45) is 0 Å². The summed E-state index contributed by atoms with van der Waals surface area (Å²) in [5.74, 6) is 1.47. The van der Waals surface area contributed by atoms with Crippen molar-refractivity contribution in [2.45, 2.75) is 31.7 Å². The first-order valence-corrected chi connectivity index (χ1v) is 10.7. The molecular formula is C23H25ClN2O4. The lowest BCUT2D eigenvalue weighted by atomic mass is 10.2. The van der Waals surface area contributed by atoms with Crippen molar-refractivity contribution in [3.05, 3.63) is 53.6 Å². The van der Waals surface area contributed by atoms with E-state index in [1.807, 2.05) is 29.2 Å². The molecule has 2 amide bonds. The summed E-state index contributed by atoms with van der Waals surface area (Å²) in [6.45, 7) is 1.91. The first-order chi connectivity index (χ1) is 14.6. The predicted molar refractivity (Wildman–Crippen MR) is 115 cm³/mol. The third-order valence-electron chi connectivity index (χ3n) is 5.54. The molecule has 0 aliphatic carbocycles. The summed E-state index contributed by atoms with van der Waals surface area (Å²) in [5.41, 5.74) is 0.870. The van der Waals surface area contributed by atoms with E-state index in [2.05, 4.69) is 0 Å². The maximum Gasteiger partial charge on any atom is 0.260 e. The second-order valence-electron chi connectivity index (χ2n) is 7.58. The molecular weight excluding hydrogens is 404 g/mol. The molecule has 2 aliphatic rings. The zero-order valence-corrected chi connectivity index (χ0v) is 17.5. The molecule has 7 heteroatoms. The summed E-state index contributed by atoms with van der Waals surface area (Å²) < 4.78 is 11.5. The van der Waals surface area contributed by atoms with Crippen LogP contribution in [0.5, 0.6) is 11.5 Å². The average Bonchev–Trinajstić information content (AvgIpc) is 3.41. The van der Waals surface area contributed by atoms with Gasteiger partial charge in [0.2, 0.25) is 5.91 Å². The first kappa shape index (κ1) is 20.5. The number of anilines is 1. The molecule has 0 bridgehead atoms. The second kappa shape index (κ2) is 9.39. The summed E-state index contributed by atoms with van der Waals surface area (Å²) >= 11 is 5.90. The van der Waals surface area contributed by atoms with E-state index in [-0.39, 0.29) is 24.5 Å². The van der Waals surface area contributed by atoms with Crippen molar-refractivity contribution >= 4 is 29.1 Å². The van der Waals surface area contributed by atoms with Crippen LogP contribution in [0.2, 0.25) is 5.02 Å². The van der Waals surface area contributed by atoms with Crippen molar-refractivity contribution < 1.29 is 19.1 Å². The number of hydrogen-bond acceptors (Lipinski definition) is 4. The zero-order valence-electron chi connectivity index (χ0n) is 16.8. The summed E-state index contributed by atoms with van der Waals surface area (Å²) in [7, 11) is 0. The highest BCUT2D eigenvalue weighted by molar-refractivity contribution is 6.30. The van der Waals surface area contributed by atoms with E-state index in [4.69, 9.17) is 21.1 Å². The second-order valence-corrected chi connectivity index (χ2v) is 8.02. The van der Waals surface area contributed by atoms with E-state index < -0.39 is 0 Å². The number of benzene rings is 2. The van der Waals surface area contributed by atoms with Crippen LogP contribution in [0.25, 0.3) is 0 Å². The Balaban J connectivity index is 1.27. The third-order valence-corrected chi connectivity index (χ3v) is 5.79. The van der Waals surface area contributed by atoms with E-state index in [1.165, 1.54) is 0 Å². The molecule has 6 nitrogen and oxygen atoms in total. The van der Waals surface area contributed by atoms with Gasteiger partial charge in [-0.25, -0.2) is 0 Å². The summed E-state index contributed by atoms with van der Waals surface area (Å²) in [4.78, 5) is 28.1. The molecule has 2 aliphatic heterocycles. The SMILES string of the molecule is O=C1CCCN1c1ccc(OCC(=O)N2CCCC2COc2ccc(Cl)cc2)cc1. The largest absolute Gasteiger partial charge is 0.491 e. The molecule has 0 spiro atoms. The zero-order chi connectivity index (χ0) is 20.9. The van der Waals surface area contributed by atoms with Crippen LogP contribution in [0.15, 0.2) is 48.5 Å². The van der Waals surface area contributed by atoms with Gasteiger partial charge in [0.1, 0.15) is 18.1 Å². The van der Waals surface area contributed by atoms with Crippen molar-refractivity contribution in [1.82, 2.24) is 4.90 Å². The minimum absolute atomic E-state index is 0.0144. The number of halogens is 1. The van der Waals surface area contributed by atoms with Crippen LogP contribution in [0.3, 0.4) is 0 Å². The Kier molecular flexibility index (Phi) is 6.43. The molecule has 1 unspecified atom stereocenters. The first-order valence-electron chi connectivity index (χ1n) is 10.3. The molecule has 4 rings (SSSR count). The van der Waals surface area contributed by atoms with Crippen LogP contribution >= 0.6 is 11.6 Å². The lowest BCUT2D eigenvalue weighted by molar-refractivity contribution is -0.134. The van der Waals surface area contributed by atoms with Crippen molar-refractivity contribution in [3.63, 3.8) is 0 Å². The summed E-state index contributed by atoms with van der Waals surface area (Å²) in [5, 5.41) is 0.664. The van der Waals surface area contributed by atoms with Crippen LogP contribution in [-0.4, -0.2) is 49.1 Å². The molecule has 2 heterocycles. The van der Waals surface area contributed by atoms with Gasteiger partial charge in [-0.3, -0.25) is 9.59 Å². The number of ether oxygens (including phenoxy) is 2. The van der Waals surface area contributed by atoms with Crippen molar-refractivity contribution in [2.75, 3.05) is 31.2 Å². The number of nitrogens with zero attached hydrogens (tertiary/aromatic N) is 2. The van der Waals surface area contributed by atoms with Crippen LogP contribution in [-0.2, 0) is 9.59 Å². The Morgan fingerprint density at radius 2 is 1.67 bits per heavy atom. The smallest absolute Gasteiger partial charge is 0.260 e. The maximum atomic E-state index is 12.7. The predicted octanol–water partition coefficient (Wildman–Crippen LogP) is 3.92. The highest BCUT2D eigenvalue weighted by Crippen LogP contribution is 2.25. The maximum absolute atomic E-state index is 12.7. The molecule has 1 atom stereocenters. The molecule has 2 saturated heterocycles. The van der Waals surface area contributed by atoms with E-state index in [0.29, 0.717) is 30.3 Å². The van der Waals surface area contributed by atoms with Gasteiger partial charge in [0.05, 0.1) is 6.04 Å². The van der Waals surface area contributed by atoms with Crippen LogP contribution in [0, 0.1) is 0 Å². The van der Waals surface area contributed by atoms with E-state index in [0.717, 1.165) is 37.2 Å². The van der Waals surface area contributed by atoms with E-state index in [1.54, 1.807) is 29.2 Å². The van der Waals surface area contributed by atoms with Gasteiger partial charge >= 0.3 is 0 Å². The number of amides is 2. The number of carbonyl (C=O) groups is 2. The van der Waals surface area contributed by atoms with Gasteiger partial charge in [-0.05, 0) is 67.8 Å². The van der Waals surface area contributed by atoms with Gasteiger partial charge in [0.15, 0.2) is 6.61 Å². The average molecular weight is 429 g/mol. The van der Waals surface area contributed by atoms with E-state index in [9.17, 15) is 9.59 Å². The van der Waals surface area contributed by atoms with Gasteiger partial charge in [-0.2, -0.15) is 0 Å². The number of hydrogen-bond donors (Lipinski definition) is 0. The molecule has 0 saturated carbocycles. The number of likely N-dealkylation sites (tertiary alicyclic amines) is 1. The lowest BCUT2D eigenvalue weighted by Gasteiger charge is -2.25.